The van der Waals surface area contributed by atoms with Crippen LogP contribution in [0.2, 0.25) is 0 Å². The van der Waals surface area contributed by atoms with Crippen molar-refractivity contribution in [3.63, 3.8) is 0 Å². The van der Waals surface area contributed by atoms with Gasteiger partial charge in [-0.15, -0.1) is 0 Å². The highest BCUT2D eigenvalue weighted by molar-refractivity contribution is 6.12. The van der Waals surface area contributed by atoms with Crippen LogP contribution >= 0.6 is 0 Å². The van der Waals surface area contributed by atoms with Gasteiger partial charge in [0.15, 0.2) is 0 Å². The summed E-state index contributed by atoms with van der Waals surface area (Å²) in [4.78, 5) is 40.4. The number of methoxy groups -OCH3 is 1. The number of H-pyrrole nitrogens is 1. The lowest BCUT2D eigenvalue weighted by molar-refractivity contribution is 0.0694. The van der Waals surface area contributed by atoms with E-state index < -0.39 is 11.4 Å². The minimum Gasteiger partial charge on any atom is -0.494 e. The molecule has 29 heavy (non-hydrogen) atoms. The molecule has 0 aliphatic heterocycles. The number of rotatable bonds is 4. The Labute approximate surface area is 165 Å². The van der Waals surface area contributed by atoms with E-state index >= 15 is 0 Å². The first-order chi connectivity index (χ1) is 13.8. The van der Waals surface area contributed by atoms with Crippen LogP contribution in [0.25, 0.3) is 16.4 Å². The summed E-state index contributed by atoms with van der Waals surface area (Å²) >= 11 is 0. The first-order valence-corrected chi connectivity index (χ1v) is 8.93. The van der Waals surface area contributed by atoms with E-state index in [2.05, 4.69) is 4.98 Å². The number of aryl methyl sites for hydroxylation is 1. The van der Waals surface area contributed by atoms with Crippen LogP contribution in [0.4, 0.5) is 0 Å². The van der Waals surface area contributed by atoms with Gasteiger partial charge in [0.2, 0.25) is 11.2 Å². The summed E-state index contributed by atoms with van der Waals surface area (Å²) in [6, 6.07) is 10.2. The minimum atomic E-state index is -1.31. The maximum Gasteiger partial charge on any atom is 0.341 e. The number of aromatic carboxylic acids is 1. The van der Waals surface area contributed by atoms with Crippen LogP contribution in [0, 0.1) is 13.8 Å². The number of carbonyl (C=O) groups excluding carboxylic acids is 1. The fourth-order valence-electron chi connectivity index (χ4n) is 3.79. The van der Waals surface area contributed by atoms with Crippen LogP contribution in [0.3, 0.4) is 0 Å². The Morgan fingerprint density at radius 1 is 1.14 bits per heavy atom. The molecule has 7 heteroatoms. The Morgan fingerprint density at radius 3 is 2.59 bits per heavy atom. The molecule has 0 bridgehead atoms. The van der Waals surface area contributed by atoms with Gasteiger partial charge in [-0.25, -0.2) is 4.79 Å². The highest BCUT2D eigenvalue weighted by Gasteiger charge is 2.23. The molecule has 0 atom stereocenters. The summed E-state index contributed by atoms with van der Waals surface area (Å²) in [7, 11) is 1.55. The van der Waals surface area contributed by atoms with Gasteiger partial charge in [-0.2, -0.15) is 0 Å². The number of hydrogen-bond donors (Lipinski definition) is 2. The summed E-state index contributed by atoms with van der Waals surface area (Å²) < 4.78 is 7.23. The number of nitrogens with zero attached hydrogens (tertiary/aromatic N) is 1. The number of ketones is 1. The summed E-state index contributed by atoms with van der Waals surface area (Å²) in [6.45, 7) is 3.34. The fourth-order valence-corrected chi connectivity index (χ4v) is 3.79. The largest absolute Gasteiger partial charge is 0.494 e. The SMILES string of the molecule is COc1c(C)c(C(=O)c2ccc3[nH]c(C)c(C(=O)O)c(=O)c3c2)n2ccccc12. The van der Waals surface area contributed by atoms with E-state index in [9.17, 15) is 19.5 Å². The molecule has 146 valence electrons. The number of fused-ring (bicyclic) bond motifs is 2. The van der Waals surface area contributed by atoms with Crippen molar-refractivity contribution in [2.24, 2.45) is 0 Å². The van der Waals surface area contributed by atoms with Gasteiger partial charge >= 0.3 is 5.97 Å². The molecule has 0 fully saturated rings. The summed E-state index contributed by atoms with van der Waals surface area (Å²) in [5.41, 5.74) is 1.97. The van der Waals surface area contributed by atoms with Crippen LogP contribution in [0.5, 0.6) is 5.75 Å². The Kier molecular flexibility index (Phi) is 4.23. The maximum absolute atomic E-state index is 13.3. The standard InChI is InChI=1S/C22H18N2O5/c1-11-18(24-9-5-4-6-16(24)21(11)29-3)19(25)13-7-8-15-14(10-13)20(26)17(22(27)28)12(2)23-15/h4-10H,1-3H3,(H,23,26)(H,27,28). The molecule has 1 aromatic carbocycles. The smallest absolute Gasteiger partial charge is 0.341 e. The molecular formula is C22H18N2O5. The minimum absolute atomic E-state index is 0.157. The van der Waals surface area contributed by atoms with Crippen molar-refractivity contribution < 1.29 is 19.4 Å². The van der Waals surface area contributed by atoms with Gasteiger partial charge in [0.1, 0.15) is 17.0 Å². The molecule has 4 rings (SSSR count). The molecule has 0 aliphatic carbocycles. The predicted molar refractivity (Wildman–Crippen MR) is 108 cm³/mol. The van der Waals surface area contributed by atoms with Crippen molar-refractivity contribution in [1.29, 1.82) is 0 Å². The van der Waals surface area contributed by atoms with Crippen molar-refractivity contribution in [2.75, 3.05) is 7.11 Å². The number of benzene rings is 1. The molecule has 3 aromatic heterocycles. The molecule has 0 radical (unpaired) electrons. The molecule has 7 nitrogen and oxygen atoms in total. The van der Waals surface area contributed by atoms with Gasteiger partial charge in [-0.1, -0.05) is 6.07 Å². The Balaban J connectivity index is 1.96. The highest BCUT2D eigenvalue weighted by atomic mass is 16.5. The average Bonchev–Trinajstić information content (AvgIpc) is 2.98. The molecule has 4 aromatic rings. The molecular weight excluding hydrogens is 372 g/mol. The van der Waals surface area contributed by atoms with Gasteiger partial charge in [-0.05, 0) is 44.2 Å². The highest BCUT2D eigenvalue weighted by Crippen LogP contribution is 2.32. The van der Waals surface area contributed by atoms with Gasteiger partial charge in [0, 0.05) is 33.9 Å². The molecule has 0 amide bonds. The van der Waals surface area contributed by atoms with Crippen LogP contribution < -0.4 is 10.2 Å². The van der Waals surface area contributed by atoms with Crippen LogP contribution in [-0.4, -0.2) is 33.4 Å². The second kappa shape index (κ2) is 6.63. The average molecular weight is 390 g/mol. The van der Waals surface area contributed by atoms with E-state index in [0.29, 0.717) is 22.5 Å². The van der Waals surface area contributed by atoms with E-state index in [-0.39, 0.29) is 28.0 Å². The van der Waals surface area contributed by atoms with Crippen molar-refractivity contribution in [3.05, 3.63) is 80.9 Å². The van der Waals surface area contributed by atoms with E-state index in [1.807, 2.05) is 18.2 Å². The second-order valence-electron chi connectivity index (χ2n) is 6.81. The third-order valence-electron chi connectivity index (χ3n) is 5.11. The third-order valence-corrected chi connectivity index (χ3v) is 5.11. The maximum atomic E-state index is 13.3. The normalized spacial score (nSPS) is 11.1. The molecule has 2 N–H and O–H groups in total. The number of carboxylic acids is 1. The van der Waals surface area contributed by atoms with Gasteiger partial charge in [0.05, 0.1) is 12.6 Å². The number of pyridine rings is 2. The third kappa shape index (κ3) is 2.70. The first-order valence-electron chi connectivity index (χ1n) is 8.93. The quantitative estimate of drug-likeness (QED) is 0.521. The van der Waals surface area contributed by atoms with Crippen molar-refractivity contribution in [2.45, 2.75) is 13.8 Å². The molecule has 3 heterocycles. The second-order valence-corrected chi connectivity index (χ2v) is 6.81. The molecule has 0 saturated heterocycles. The van der Waals surface area contributed by atoms with Crippen LogP contribution in [-0.2, 0) is 0 Å². The first kappa shape index (κ1) is 18.5. The van der Waals surface area contributed by atoms with Gasteiger partial charge < -0.3 is 19.2 Å². The number of ether oxygens (including phenoxy) is 1. The number of aromatic amines is 1. The zero-order valence-corrected chi connectivity index (χ0v) is 16.1. The van der Waals surface area contributed by atoms with Gasteiger partial charge in [0.25, 0.3) is 0 Å². The number of hydrogen-bond acceptors (Lipinski definition) is 4. The summed E-state index contributed by atoms with van der Waals surface area (Å²) in [6.07, 6.45) is 1.78. The van der Waals surface area contributed by atoms with Crippen molar-refractivity contribution >= 4 is 28.2 Å². The number of carboxylic acid groups (broad SMARTS) is 1. The summed E-state index contributed by atoms with van der Waals surface area (Å²) in [5.74, 6) is -0.984. The van der Waals surface area contributed by atoms with E-state index in [1.165, 1.54) is 13.0 Å². The van der Waals surface area contributed by atoms with Crippen LogP contribution in [0.15, 0.2) is 47.4 Å². The van der Waals surface area contributed by atoms with Gasteiger partial charge in [-0.3, -0.25) is 9.59 Å². The fraction of sp³-hybridized carbons (Fsp3) is 0.136. The van der Waals surface area contributed by atoms with E-state index in [1.54, 1.807) is 36.8 Å². The topological polar surface area (TPSA) is 101 Å². The number of aromatic nitrogens is 2. The van der Waals surface area contributed by atoms with Crippen molar-refractivity contribution in [1.82, 2.24) is 9.38 Å². The Morgan fingerprint density at radius 2 is 1.90 bits per heavy atom. The Bertz CT molecular complexity index is 1380. The van der Waals surface area contributed by atoms with Crippen molar-refractivity contribution in [3.8, 4) is 5.75 Å². The molecule has 0 aliphatic rings. The Hall–Kier alpha value is -3.87. The zero-order chi connectivity index (χ0) is 20.9. The molecule has 0 unspecified atom stereocenters. The zero-order valence-electron chi connectivity index (χ0n) is 16.1. The molecule has 0 saturated carbocycles. The molecule has 0 spiro atoms. The predicted octanol–water partition coefficient (Wildman–Crippen LogP) is 3.34. The lowest BCUT2D eigenvalue weighted by Crippen LogP contribution is -2.18. The number of nitrogens with one attached hydrogen (secondary N) is 1. The van der Waals surface area contributed by atoms with E-state index in [4.69, 9.17) is 4.74 Å². The lowest BCUT2D eigenvalue weighted by Gasteiger charge is -2.08. The van der Waals surface area contributed by atoms with E-state index in [0.717, 1.165) is 5.52 Å². The summed E-state index contributed by atoms with van der Waals surface area (Å²) in [5, 5.41) is 9.50. The number of carbonyl (C=O) groups is 2. The van der Waals surface area contributed by atoms with Crippen LogP contribution in [0.1, 0.15) is 37.7 Å². The lowest BCUT2D eigenvalue weighted by atomic mass is 10.0. The monoisotopic (exact) mass is 390 g/mol.